The molecule has 0 radical (unpaired) electrons. The standard InChI is InChI=1S/C20H18Cl2N2O2/c21-16-11-14(12-17(22)13-16)3-8-19(25)23-18-6-4-15(5-7-18)20(26)24-9-1-2-10-24/h3-8,11-13H,1-2,9-10H2,(H,23,25)/b8-3+. The van der Waals surface area contributed by atoms with Gasteiger partial charge in [-0.3, -0.25) is 9.59 Å². The van der Waals surface area contributed by atoms with Gasteiger partial charge >= 0.3 is 0 Å². The van der Waals surface area contributed by atoms with Gasteiger partial charge in [0.15, 0.2) is 0 Å². The Kier molecular flexibility index (Phi) is 5.96. The van der Waals surface area contributed by atoms with Crippen LogP contribution in [0.2, 0.25) is 10.0 Å². The van der Waals surface area contributed by atoms with Gasteiger partial charge in [-0.05, 0) is 66.9 Å². The zero-order valence-electron chi connectivity index (χ0n) is 14.0. The molecule has 2 amide bonds. The normalized spacial score (nSPS) is 14.0. The minimum absolute atomic E-state index is 0.0399. The number of carbonyl (C=O) groups excluding carboxylic acids is 2. The molecule has 1 aliphatic rings. The van der Waals surface area contributed by atoms with Gasteiger partial charge in [-0.2, -0.15) is 0 Å². The van der Waals surface area contributed by atoms with Crippen molar-refractivity contribution in [2.45, 2.75) is 12.8 Å². The van der Waals surface area contributed by atoms with Gasteiger partial charge < -0.3 is 10.2 Å². The summed E-state index contributed by atoms with van der Waals surface area (Å²) >= 11 is 11.9. The van der Waals surface area contributed by atoms with Gasteiger partial charge in [0.05, 0.1) is 0 Å². The molecule has 2 aromatic carbocycles. The molecule has 134 valence electrons. The van der Waals surface area contributed by atoms with Crippen molar-refractivity contribution in [1.82, 2.24) is 4.90 Å². The molecule has 3 rings (SSSR count). The molecule has 0 atom stereocenters. The summed E-state index contributed by atoms with van der Waals surface area (Å²) in [5, 5.41) is 3.78. The number of hydrogen-bond donors (Lipinski definition) is 1. The lowest BCUT2D eigenvalue weighted by Gasteiger charge is -2.15. The van der Waals surface area contributed by atoms with Crippen LogP contribution in [-0.4, -0.2) is 29.8 Å². The van der Waals surface area contributed by atoms with Crippen molar-refractivity contribution in [2.24, 2.45) is 0 Å². The van der Waals surface area contributed by atoms with E-state index in [9.17, 15) is 9.59 Å². The van der Waals surface area contributed by atoms with E-state index in [4.69, 9.17) is 23.2 Å². The van der Waals surface area contributed by atoms with Gasteiger partial charge in [0.2, 0.25) is 5.91 Å². The number of hydrogen-bond acceptors (Lipinski definition) is 2. The summed E-state index contributed by atoms with van der Waals surface area (Å²) in [6.07, 6.45) is 5.16. The SMILES string of the molecule is O=C(/C=C/c1cc(Cl)cc(Cl)c1)Nc1ccc(C(=O)N2CCCC2)cc1. The molecule has 1 saturated heterocycles. The Bertz CT molecular complexity index is 821. The van der Waals surface area contributed by atoms with Gasteiger partial charge in [-0.1, -0.05) is 23.2 Å². The molecule has 1 aliphatic heterocycles. The van der Waals surface area contributed by atoms with E-state index >= 15 is 0 Å². The molecule has 2 aromatic rings. The lowest BCUT2D eigenvalue weighted by molar-refractivity contribution is -0.111. The minimum atomic E-state index is -0.278. The monoisotopic (exact) mass is 388 g/mol. The summed E-state index contributed by atoms with van der Waals surface area (Å²) in [4.78, 5) is 26.2. The Morgan fingerprint density at radius 3 is 2.19 bits per heavy atom. The van der Waals surface area contributed by atoms with Crippen LogP contribution in [-0.2, 0) is 4.79 Å². The maximum atomic E-state index is 12.3. The molecule has 6 heteroatoms. The molecule has 1 heterocycles. The van der Waals surface area contributed by atoms with Crippen LogP contribution in [0.15, 0.2) is 48.5 Å². The molecule has 0 bridgehead atoms. The molecule has 0 spiro atoms. The number of anilines is 1. The van der Waals surface area contributed by atoms with Crippen molar-refractivity contribution >= 4 is 46.8 Å². The van der Waals surface area contributed by atoms with E-state index < -0.39 is 0 Å². The fourth-order valence-corrected chi connectivity index (χ4v) is 3.37. The number of carbonyl (C=O) groups is 2. The number of nitrogens with one attached hydrogen (secondary N) is 1. The summed E-state index contributed by atoms with van der Waals surface area (Å²) in [5.41, 5.74) is 2.00. The number of halogens is 2. The number of nitrogens with zero attached hydrogens (tertiary/aromatic N) is 1. The number of benzene rings is 2. The largest absolute Gasteiger partial charge is 0.339 e. The second-order valence-electron chi connectivity index (χ2n) is 6.10. The van der Waals surface area contributed by atoms with Crippen molar-refractivity contribution in [1.29, 1.82) is 0 Å². The van der Waals surface area contributed by atoms with Crippen molar-refractivity contribution in [2.75, 3.05) is 18.4 Å². The van der Waals surface area contributed by atoms with Gasteiger partial charge in [-0.15, -0.1) is 0 Å². The lowest BCUT2D eigenvalue weighted by atomic mass is 10.2. The average molecular weight is 389 g/mol. The fourth-order valence-electron chi connectivity index (χ4n) is 2.83. The third-order valence-electron chi connectivity index (χ3n) is 4.10. The second kappa shape index (κ2) is 8.39. The van der Waals surface area contributed by atoms with E-state index in [-0.39, 0.29) is 11.8 Å². The Morgan fingerprint density at radius 2 is 1.58 bits per heavy atom. The first kappa shape index (κ1) is 18.5. The summed E-state index contributed by atoms with van der Waals surface area (Å²) in [6, 6.07) is 12.0. The van der Waals surface area contributed by atoms with Crippen molar-refractivity contribution in [3.05, 3.63) is 69.7 Å². The first-order valence-corrected chi connectivity index (χ1v) is 9.11. The zero-order valence-corrected chi connectivity index (χ0v) is 15.6. The van der Waals surface area contributed by atoms with Crippen LogP contribution in [0, 0.1) is 0 Å². The van der Waals surface area contributed by atoms with E-state index in [1.54, 1.807) is 48.5 Å². The van der Waals surface area contributed by atoms with Crippen LogP contribution in [0.25, 0.3) is 6.08 Å². The predicted octanol–water partition coefficient (Wildman–Crippen LogP) is 4.88. The first-order chi connectivity index (χ1) is 12.5. The Balaban J connectivity index is 1.60. The van der Waals surface area contributed by atoms with E-state index in [1.807, 2.05) is 4.90 Å². The minimum Gasteiger partial charge on any atom is -0.339 e. The fraction of sp³-hybridized carbons (Fsp3) is 0.200. The maximum absolute atomic E-state index is 12.3. The quantitative estimate of drug-likeness (QED) is 0.758. The molecule has 0 aliphatic carbocycles. The lowest BCUT2D eigenvalue weighted by Crippen LogP contribution is -2.27. The van der Waals surface area contributed by atoms with Gasteiger partial charge in [0.25, 0.3) is 5.91 Å². The highest BCUT2D eigenvalue weighted by Crippen LogP contribution is 2.20. The predicted molar refractivity (Wildman–Crippen MR) is 106 cm³/mol. The average Bonchev–Trinajstić information content (AvgIpc) is 3.14. The Hall–Kier alpha value is -2.30. The molecule has 0 aromatic heterocycles. The molecule has 1 fully saturated rings. The van der Waals surface area contributed by atoms with Crippen LogP contribution < -0.4 is 5.32 Å². The van der Waals surface area contributed by atoms with E-state index in [1.165, 1.54) is 6.08 Å². The Labute approximate surface area is 162 Å². The van der Waals surface area contributed by atoms with Crippen LogP contribution in [0.3, 0.4) is 0 Å². The third kappa shape index (κ3) is 4.87. The maximum Gasteiger partial charge on any atom is 0.253 e. The summed E-state index contributed by atoms with van der Waals surface area (Å²) in [5.74, 6) is -0.238. The highest BCUT2D eigenvalue weighted by Gasteiger charge is 2.19. The summed E-state index contributed by atoms with van der Waals surface area (Å²) in [7, 11) is 0. The molecule has 0 saturated carbocycles. The highest BCUT2D eigenvalue weighted by molar-refractivity contribution is 6.34. The van der Waals surface area contributed by atoms with Gasteiger partial charge in [0, 0.05) is 40.5 Å². The Morgan fingerprint density at radius 1 is 0.962 bits per heavy atom. The number of likely N-dealkylation sites (tertiary alicyclic amines) is 1. The van der Waals surface area contributed by atoms with Crippen molar-refractivity contribution in [3.8, 4) is 0 Å². The van der Waals surface area contributed by atoms with Crippen LogP contribution >= 0.6 is 23.2 Å². The molecule has 26 heavy (non-hydrogen) atoms. The highest BCUT2D eigenvalue weighted by atomic mass is 35.5. The van der Waals surface area contributed by atoms with Gasteiger partial charge in [0.1, 0.15) is 0 Å². The molecule has 4 nitrogen and oxygen atoms in total. The van der Waals surface area contributed by atoms with E-state index in [0.29, 0.717) is 21.3 Å². The summed E-state index contributed by atoms with van der Waals surface area (Å²) in [6.45, 7) is 1.63. The summed E-state index contributed by atoms with van der Waals surface area (Å²) < 4.78 is 0. The van der Waals surface area contributed by atoms with Crippen LogP contribution in [0.5, 0.6) is 0 Å². The molecule has 0 unspecified atom stereocenters. The van der Waals surface area contributed by atoms with Crippen molar-refractivity contribution in [3.63, 3.8) is 0 Å². The van der Waals surface area contributed by atoms with E-state index in [2.05, 4.69) is 5.32 Å². The number of rotatable bonds is 4. The molecular formula is C20H18Cl2N2O2. The van der Waals surface area contributed by atoms with Crippen LogP contribution in [0.1, 0.15) is 28.8 Å². The topological polar surface area (TPSA) is 49.4 Å². The zero-order chi connectivity index (χ0) is 18.5. The van der Waals surface area contributed by atoms with Gasteiger partial charge in [-0.25, -0.2) is 0 Å². The van der Waals surface area contributed by atoms with E-state index in [0.717, 1.165) is 31.5 Å². The van der Waals surface area contributed by atoms with Crippen LogP contribution in [0.4, 0.5) is 5.69 Å². The smallest absolute Gasteiger partial charge is 0.253 e. The van der Waals surface area contributed by atoms with Crippen molar-refractivity contribution < 1.29 is 9.59 Å². The molecule has 1 N–H and O–H groups in total. The molecular weight excluding hydrogens is 371 g/mol. The number of amides is 2. The third-order valence-corrected chi connectivity index (χ3v) is 4.54. The first-order valence-electron chi connectivity index (χ1n) is 8.36. The second-order valence-corrected chi connectivity index (χ2v) is 6.97.